The van der Waals surface area contributed by atoms with Crippen molar-refractivity contribution in [2.45, 2.75) is 52.6 Å². The number of aromatic nitrogens is 2. The van der Waals surface area contributed by atoms with E-state index >= 15 is 0 Å². The quantitative estimate of drug-likeness (QED) is 0.308. The lowest BCUT2D eigenvalue weighted by atomic mass is 9.86. The Morgan fingerprint density at radius 3 is 2.28 bits per heavy atom. The maximum absolute atomic E-state index is 13.8. The van der Waals surface area contributed by atoms with Crippen molar-refractivity contribution in [1.82, 2.24) is 14.9 Å². The third-order valence-electron chi connectivity index (χ3n) is 6.50. The Kier molecular flexibility index (Phi) is 7.30. The molecule has 186 valence electrons. The van der Waals surface area contributed by atoms with E-state index in [9.17, 15) is 4.79 Å². The highest BCUT2D eigenvalue weighted by atomic mass is 16.5. The fourth-order valence-electron chi connectivity index (χ4n) is 4.39. The van der Waals surface area contributed by atoms with Crippen LogP contribution in [0, 0.1) is 0 Å². The van der Waals surface area contributed by atoms with Gasteiger partial charge in [-0.2, -0.15) is 0 Å². The largest absolute Gasteiger partial charge is 0.497 e. The minimum absolute atomic E-state index is 0.0445. The highest BCUT2D eigenvalue weighted by molar-refractivity contribution is 5.99. The number of carbonyl (C=O) groups excluding carboxylic acids is 1. The van der Waals surface area contributed by atoms with Crippen LogP contribution in [0.2, 0.25) is 0 Å². The molecule has 0 spiro atoms. The van der Waals surface area contributed by atoms with E-state index in [-0.39, 0.29) is 17.4 Å². The topological polar surface area (TPSA) is 56.2 Å². The van der Waals surface area contributed by atoms with Crippen LogP contribution >= 0.6 is 0 Å². The second-order valence-electron chi connectivity index (χ2n) is 10.0. The first kappa shape index (κ1) is 25.2. The maximum Gasteiger partial charge on any atom is 0.270 e. The molecule has 1 amide bonds. The predicted octanol–water partition coefficient (Wildman–Crippen LogP) is 7.03. The van der Waals surface area contributed by atoms with E-state index in [0.717, 1.165) is 28.3 Å². The molecular formula is C31H35N3O2. The molecule has 0 aliphatic rings. The van der Waals surface area contributed by atoms with E-state index in [1.54, 1.807) is 7.11 Å². The number of carbonyl (C=O) groups is 1. The minimum atomic E-state index is -0.205. The Hall–Kier alpha value is -3.86. The Morgan fingerprint density at radius 1 is 0.972 bits per heavy atom. The fraction of sp³-hybridized carbons (Fsp3) is 0.290. The van der Waals surface area contributed by atoms with E-state index in [2.05, 4.69) is 50.4 Å². The van der Waals surface area contributed by atoms with Crippen molar-refractivity contribution >= 4 is 5.91 Å². The van der Waals surface area contributed by atoms with Gasteiger partial charge in [0, 0.05) is 17.7 Å². The van der Waals surface area contributed by atoms with E-state index in [1.807, 2.05) is 73.0 Å². The van der Waals surface area contributed by atoms with Gasteiger partial charge in [0.05, 0.1) is 13.2 Å². The number of imidazole rings is 1. The lowest BCUT2D eigenvalue weighted by Crippen LogP contribution is -2.29. The molecule has 0 aliphatic heterocycles. The average molecular weight is 482 g/mol. The van der Waals surface area contributed by atoms with Gasteiger partial charge in [-0.25, -0.2) is 4.98 Å². The van der Waals surface area contributed by atoms with Crippen LogP contribution in [0.15, 0.2) is 78.9 Å². The maximum atomic E-state index is 13.8. The number of nitrogens with zero attached hydrogens (tertiary/aromatic N) is 2. The number of ether oxygens (including phenoxy) is 1. The van der Waals surface area contributed by atoms with Gasteiger partial charge in [0.1, 0.15) is 23.0 Å². The van der Waals surface area contributed by atoms with Crippen molar-refractivity contribution in [2.24, 2.45) is 0 Å². The Bertz CT molecular complexity index is 1330. The monoisotopic (exact) mass is 481 g/mol. The van der Waals surface area contributed by atoms with Crippen molar-refractivity contribution in [3.63, 3.8) is 0 Å². The molecule has 1 aromatic heterocycles. The SMILES string of the molecule is CCn1c(-c2ccccc2)nc(-c2ccc(C(C)(C)C)cc2)c1C(=O)N[C@H](C)c1cccc(OC)c1. The molecule has 0 saturated heterocycles. The lowest BCUT2D eigenvalue weighted by Gasteiger charge is -2.19. The van der Waals surface area contributed by atoms with Crippen LogP contribution in [0.25, 0.3) is 22.6 Å². The van der Waals surface area contributed by atoms with E-state index in [0.29, 0.717) is 17.9 Å². The summed E-state index contributed by atoms with van der Waals surface area (Å²) in [6, 6.07) is 26.0. The first-order valence-corrected chi connectivity index (χ1v) is 12.4. The van der Waals surface area contributed by atoms with E-state index in [4.69, 9.17) is 9.72 Å². The summed E-state index contributed by atoms with van der Waals surface area (Å²) in [6.07, 6.45) is 0. The molecule has 0 saturated carbocycles. The van der Waals surface area contributed by atoms with Crippen LogP contribution in [-0.2, 0) is 12.0 Å². The summed E-state index contributed by atoms with van der Waals surface area (Å²) in [5, 5.41) is 3.19. The zero-order chi connectivity index (χ0) is 25.9. The molecule has 0 fully saturated rings. The molecule has 0 radical (unpaired) electrons. The first-order valence-electron chi connectivity index (χ1n) is 12.4. The summed E-state index contributed by atoms with van der Waals surface area (Å²) in [6.45, 7) is 11.2. The Morgan fingerprint density at radius 2 is 1.67 bits per heavy atom. The summed E-state index contributed by atoms with van der Waals surface area (Å²) in [5.41, 5.74) is 5.41. The third-order valence-corrected chi connectivity index (χ3v) is 6.50. The standard InChI is InChI=1S/C31H35N3O2/c1-7-34-28(30(35)32-21(2)24-14-11-15-26(20-24)36-6)27(33-29(34)23-12-9-8-10-13-23)22-16-18-25(19-17-22)31(3,4)5/h8-21H,7H2,1-6H3,(H,32,35)/t21-/m1/s1. The van der Waals surface area contributed by atoms with Gasteiger partial charge in [0.15, 0.2) is 0 Å². The normalized spacial score (nSPS) is 12.3. The van der Waals surface area contributed by atoms with Gasteiger partial charge >= 0.3 is 0 Å². The van der Waals surface area contributed by atoms with E-state index in [1.165, 1.54) is 5.56 Å². The van der Waals surface area contributed by atoms with Gasteiger partial charge in [0.25, 0.3) is 5.91 Å². The third kappa shape index (κ3) is 5.20. The van der Waals surface area contributed by atoms with Gasteiger partial charge in [-0.1, -0.05) is 87.5 Å². The van der Waals surface area contributed by atoms with Crippen molar-refractivity contribution < 1.29 is 9.53 Å². The molecule has 0 unspecified atom stereocenters. The Labute approximate surface area is 214 Å². The predicted molar refractivity (Wildman–Crippen MR) is 146 cm³/mol. The molecule has 1 heterocycles. The minimum Gasteiger partial charge on any atom is -0.497 e. The van der Waals surface area contributed by atoms with Crippen LogP contribution in [0.4, 0.5) is 0 Å². The second kappa shape index (κ2) is 10.4. The summed E-state index contributed by atoms with van der Waals surface area (Å²) in [5.74, 6) is 1.39. The average Bonchev–Trinajstić information content (AvgIpc) is 3.28. The number of hydrogen-bond acceptors (Lipinski definition) is 3. The van der Waals surface area contributed by atoms with Gasteiger partial charge in [-0.15, -0.1) is 0 Å². The van der Waals surface area contributed by atoms with Gasteiger partial charge in [0.2, 0.25) is 0 Å². The number of nitrogens with one attached hydrogen (secondary N) is 1. The molecule has 0 bridgehead atoms. The number of benzene rings is 3. The summed E-state index contributed by atoms with van der Waals surface area (Å²) >= 11 is 0. The molecule has 4 rings (SSSR count). The van der Waals surface area contributed by atoms with Gasteiger partial charge < -0.3 is 14.6 Å². The van der Waals surface area contributed by atoms with Crippen LogP contribution in [0.1, 0.15) is 62.3 Å². The van der Waals surface area contributed by atoms with E-state index < -0.39 is 0 Å². The van der Waals surface area contributed by atoms with Gasteiger partial charge in [-0.05, 0) is 42.5 Å². The first-order chi connectivity index (χ1) is 17.2. The van der Waals surface area contributed by atoms with Crippen molar-refractivity contribution in [1.29, 1.82) is 0 Å². The number of hydrogen-bond donors (Lipinski definition) is 1. The summed E-state index contributed by atoms with van der Waals surface area (Å²) < 4.78 is 7.38. The van der Waals surface area contributed by atoms with Crippen LogP contribution in [0.5, 0.6) is 5.75 Å². The molecule has 1 N–H and O–H groups in total. The number of methoxy groups -OCH3 is 1. The molecule has 4 aromatic rings. The lowest BCUT2D eigenvalue weighted by molar-refractivity contribution is 0.0931. The highest BCUT2D eigenvalue weighted by Crippen LogP contribution is 2.32. The second-order valence-corrected chi connectivity index (χ2v) is 10.0. The van der Waals surface area contributed by atoms with Gasteiger partial charge in [-0.3, -0.25) is 4.79 Å². The zero-order valence-corrected chi connectivity index (χ0v) is 22.0. The van der Waals surface area contributed by atoms with Crippen LogP contribution < -0.4 is 10.1 Å². The summed E-state index contributed by atoms with van der Waals surface area (Å²) in [7, 11) is 1.64. The van der Waals surface area contributed by atoms with Crippen LogP contribution in [0.3, 0.4) is 0 Å². The molecule has 36 heavy (non-hydrogen) atoms. The number of amides is 1. The highest BCUT2D eigenvalue weighted by Gasteiger charge is 2.26. The summed E-state index contributed by atoms with van der Waals surface area (Å²) in [4.78, 5) is 18.8. The molecule has 1 atom stereocenters. The smallest absolute Gasteiger partial charge is 0.270 e. The van der Waals surface area contributed by atoms with Crippen molar-refractivity contribution in [3.05, 3.63) is 95.7 Å². The zero-order valence-electron chi connectivity index (χ0n) is 22.0. The van der Waals surface area contributed by atoms with Crippen LogP contribution in [-0.4, -0.2) is 22.6 Å². The van der Waals surface area contributed by atoms with Crippen molar-refractivity contribution in [3.8, 4) is 28.4 Å². The molecular weight excluding hydrogens is 446 g/mol. The molecule has 5 heteroatoms. The molecule has 5 nitrogen and oxygen atoms in total. The fourth-order valence-corrected chi connectivity index (χ4v) is 4.39. The molecule has 3 aromatic carbocycles. The Balaban J connectivity index is 1.79. The number of rotatable bonds is 7. The van der Waals surface area contributed by atoms with Crippen molar-refractivity contribution in [2.75, 3.05) is 7.11 Å². The molecule has 0 aliphatic carbocycles.